The molecule has 0 saturated heterocycles. The summed E-state index contributed by atoms with van der Waals surface area (Å²) in [5.41, 5.74) is 28.2. The van der Waals surface area contributed by atoms with Crippen molar-refractivity contribution in [3.05, 3.63) is 311 Å². The molecular formula is C74H44N2O. The number of nitrogens with zero attached hydrogens (tertiary/aromatic N) is 2. The van der Waals surface area contributed by atoms with Crippen molar-refractivity contribution in [1.82, 2.24) is 4.57 Å². The van der Waals surface area contributed by atoms with Crippen LogP contribution >= 0.6 is 0 Å². The van der Waals surface area contributed by atoms with Crippen LogP contribution in [0.3, 0.4) is 0 Å². The van der Waals surface area contributed by atoms with E-state index in [0.29, 0.717) is 0 Å². The lowest BCUT2D eigenvalue weighted by Crippen LogP contribution is -2.33. The minimum absolute atomic E-state index is 0.505. The molecule has 3 aliphatic carbocycles. The smallest absolute Gasteiger partial charge is 0.135 e. The first-order valence-corrected chi connectivity index (χ1v) is 26.8. The summed E-state index contributed by atoms with van der Waals surface area (Å²) in [5.74, 6) is 0. The first-order valence-electron chi connectivity index (χ1n) is 26.8. The molecule has 12 aromatic carbocycles. The van der Waals surface area contributed by atoms with E-state index < -0.39 is 10.8 Å². The van der Waals surface area contributed by atoms with Crippen molar-refractivity contribution >= 4 is 60.8 Å². The van der Waals surface area contributed by atoms with Gasteiger partial charge in [0.25, 0.3) is 0 Å². The van der Waals surface area contributed by atoms with Crippen LogP contribution in [-0.2, 0) is 10.8 Å². The SMILES string of the molecule is c1ccc2c(c1)-c1ccccc1C21c2ccccc2-c2c(N(c3ccc(-c4ccc5oc6ccccc6c5c4)cc3)c3cc4c5c(c3)c3ccccc3n5-c3ccccc3C43c4ccccc4-c4ccccc43)cccc21. The van der Waals surface area contributed by atoms with Gasteiger partial charge in [-0.05, 0) is 144 Å². The maximum Gasteiger partial charge on any atom is 0.135 e. The molecule has 0 saturated carbocycles. The maximum atomic E-state index is 6.29. The molecule has 0 bridgehead atoms. The molecule has 14 aromatic rings. The summed E-state index contributed by atoms with van der Waals surface area (Å²) in [4.78, 5) is 2.58. The fourth-order valence-electron chi connectivity index (χ4n) is 15.1. The van der Waals surface area contributed by atoms with Crippen LogP contribution in [0.4, 0.5) is 17.1 Å². The zero-order valence-electron chi connectivity index (χ0n) is 41.7. The van der Waals surface area contributed by atoms with Crippen molar-refractivity contribution in [2.24, 2.45) is 0 Å². The molecule has 0 unspecified atom stereocenters. The van der Waals surface area contributed by atoms with E-state index in [-0.39, 0.29) is 0 Å². The highest BCUT2D eigenvalue weighted by Gasteiger charge is 2.54. The van der Waals surface area contributed by atoms with Crippen molar-refractivity contribution in [3.8, 4) is 50.2 Å². The molecule has 4 aliphatic rings. The molecule has 2 spiro atoms. The molecule has 0 N–H and O–H groups in total. The van der Waals surface area contributed by atoms with Gasteiger partial charge in [-0.1, -0.05) is 206 Å². The molecule has 3 nitrogen and oxygen atoms in total. The van der Waals surface area contributed by atoms with Crippen LogP contribution in [0.25, 0.3) is 93.9 Å². The molecule has 2 aromatic heterocycles. The van der Waals surface area contributed by atoms with Gasteiger partial charge >= 0.3 is 0 Å². The van der Waals surface area contributed by atoms with E-state index in [1.54, 1.807) is 0 Å². The molecule has 18 rings (SSSR count). The van der Waals surface area contributed by atoms with Gasteiger partial charge in [0.15, 0.2) is 0 Å². The van der Waals surface area contributed by atoms with E-state index in [2.05, 4.69) is 270 Å². The zero-order valence-corrected chi connectivity index (χ0v) is 41.7. The Labute approximate surface area is 444 Å². The third-order valence-corrected chi connectivity index (χ3v) is 18.0. The first kappa shape index (κ1) is 41.4. The van der Waals surface area contributed by atoms with E-state index in [1.807, 2.05) is 6.07 Å². The third kappa shape index (κ3) is 5.07. The van der Waals surface area contributed by atoms with Gasteiger partial charge in [-0.25, -0.2) is 0 Å². The van der Waals surface area contributed by atoms with Gasteiger partial charge in [-0.3, -0.25) is 0 Å². The number of fused-ring (bicyclic) bond motifs is 25. The van der Waals surface area contributed by atoms with Crippen LogP contribution in [0, 0.1) is 0 Å². The van der Waals surface area contributed by atoms with Gasteiger partial charge in [0.1, 0.15) is 11.2 Å². The minimum Gasteiger partial charge on any atom is -0.456 e. The predicted octanol–water partition coefficient (Wildman–Crippen LogP) is 18.8. The van der Waals surface area contributed by atoms with E-state index in [4.69, 9.17) is 4.42 Å². The fraction of sp³-hybridized carbons (Fsp3) is 0.0270. The summed E-state index contributed by atoms with van der Waals surface area (Å²) in [7, 11) is 0. The van der Waals surface area contributed by atoms with Gasteiger partial charge in [-0.15, -0.1) is 0 Å². The highest BCUT2D eigenvalue weighted by molar-refractivity contribution is 6.15. The van der Waals surface area contributed by atoms with E-state index in [1.165, 1.54) is 105 Å². The Morgan fingerprint density at radius 1 is 0.312 bits per heavy atom. The standard InChI is InChI=1S/C74H44N2O/c1-8-25-58-49(18-1)50-19-2-9-26-59(50)73(58)62-29-12-5-24-55(62)71-64(73)31-17-34-68(71)75(47-39-36-45(37-40-47)46-38-41-70-56(42-46)54-23-7-16-35-69(54)77-70)48-43-57-53-22-6-14-32-66(53)76-67-33-15-13-30-63(67)74(65(44-48)72(57)76)60-27-10-3-20-51(60)52-21-4-11-28-61(52)74/h1-44H. The highest BCUT2D eigenvalue weighted by Crippen LogP contribution is 2.66. The van der Waals surface area contributed by atoms with Crippen molar-refractivity contribution in [3.63, 3.8) is 0 Å². The van der Waals surface area contributed by atoms with Crippen LogP contribution in [0.1, 0.15) is 44.5 Å². The average Bonchev–Trinajstić information content (AvgIpc) is 3.63. The third-order valence-electron chi connectivity index (χ3n) is 18.0. The Kier molecular flexibility index (Phi) is 8.00. The second-order valence-corrected chi connectivity index (χ2v) is 21.4. The molecule has 1 aliphatic heterocycles. The summed E-state index contributed by atoms with van der Waals surface area (Å²) in [6.45, 7) is 0. The molecule has 0 radical (unpaired) electrons. The summed E-state index contributed by atoms with van der Waals surface area (Å²) in [5, 5.41) is 4.72. The highest BCUT2D eigenvalue weighted by atomic mass is 16.3. The summed E-state index contributed by atoms with van der Waals surface area (Å²) >= 11 is 0. The van der Waals surface area contributed by atoms with Gasteiger partial charge in [0, 0.05) is 38.5 Å². The predicted molar refractivity (Wildman–Crippen MR) is 315 cm³/mol. The van der Waals surface area contributed by atoms with Crippen LogP contribution < -0.4 is 4.90 Å². The number of anilines is 3. The summed E-state index contributed by atoms with van der Waals surface area (Å²) in [6, 6.07) is 100. The number of hydrogen-bond donors (Lipinski definition) is 0. The van der Waals surface area contributed by atoms with Gasteiger partial charge in [0.05, 0.1) is 33.2 Å². The number of aromatic nitrogens is 1. The lowest BCUT2D eigenvalue weighted by molar-refractivity contribution is 0.669. The van der Waals surface area contributed by atoms with Crippen molar-refractivity contribution in [2.45, 2.75) is 10.8 Å². The summed E-state index contributed by atoms with van der Waals surface area (Å²) < 4.78 is 8.85. The van der Waals surface area contributed by atoms with Gasteiger partial charge < -0.3 is 13.9 Å². The van der Waals surface area contributed by atoms with E-state index in [9.17, 15) is 0 Å². The van der Waals surface area contributed by atoms with Crippen molar-refractivity contribution in [2.75, 3.05) is 4.90 Å². The van der Waals surface area contributed by atoms with E-state index in [0.717, 1.165) is 50.1 Å². The van der Waals surface area contributed by atoms with Crippen molar-refractivity contribution < 1.29 is 4.42 Å². The molecule has 0 fully saturated rings. The lowest BCUT2D eigenvalue weighted by atomic mass is 9.65. The minimum atomic E-state index is -0.611. The Balaban J connectivity index is 0.953. The topological polar surface area (TPSA) is 21.3 Å². The number of furan rings is 1. The monoisotopic (exact) mass is 976 g/mol. The number of rotatable bonds is 4. The number of hydrogen-bond acceptors (Lipinski definition) is 2. The molecule has 356 valence electrons. The fourth-order valence-corrected chi connectivity index (χ4v) is 15.1. The summed E-state index contributed by atoms with van der Waals surface area (Å²) in [6.07, 6.45) is 0. The number of benzene rings is 12. The lowest BCUT2D eigenvalue weighted by Gasteiger charge is -2.40. The maximum absolute atomic E-state index is 6.29. The average molecular weight is 977 g/mol. The van der Waals surface area contributed by atoms with Crippen LogP contribution in [0.15, 0.2) is 271 Å². The zero-order chi connectivity index (χ0) is 50.1. The van der Waals surface area contributed by atoms with Crippen LogP contribution in [0.2, 0.25) is 0 Å². The van der Waals surface area contributed by atoms with Gasteiger partial charge in [0.2, 0.25) is 0 Å². The Bertz CT molecular complexity index is 4800. The molecule has 3 heteroatoms. The van der Waals surface area contributed by atoms with Crippen LogP contribution in [0.5, 0.6) is 0 Å². The van der Waals surface area contributed by atoms with Crippen LogP contribution in [-0.4, -0.2) is 4.57 Å². The first-order chi connectivity index (χ1) is 38.2. The second-order valence-electron chi connectivity index (χ2n) is 21.4. The largest absolute Gasteiger partial charge is 0.456 e. The normalized spacial score (nSPS) is 14.2. The molecule has 77 heavy (non-hydrogen) atoms. The Morgan fingerprint density at radius 3 is 1.49 bits per heavy atom. The second kappa shape index (κ2) is 14.9. The Morgan fingerprint density at radius 2 is 0.818 bits per heavy atom. The van der Waals surface area contributed by atoms with Gasteiger partial charge in [-0.2, -0.15) is 0 Å². The molecule has 0 atom stereocenters. The quantitative estimate of drug-likeness (QED) is 0.175. The Hall–Kier alpha value is -9.96. The van der Waals surface area contributed by atoms with Crippen molar-refractivity contribution in [1.29, 1.82) is 0 Å². The number of para-hydroxylation sites is 3. The molecule has 0 amide bonds. The molecular weight excluding hydrogens is 933 g/mol. The van der Waals surface area contributed by atoms with E-state index >= 15 is 0 Å². The molecule has 3 heterocycles.